The molecule has 0 spiro atoms. The van der Waals surface area contributed by atoms with Crippen LogP contribution in [0.15, 0.2) is 0 Å². The van der Waals surface area contributed by atoms with Gasteiger partial charge in [0.25, 0.3) is 0 Å². The van der Waals surface area contributed by atoms with Crippen molar-refractivity contribution in [2.45, 2.75) is 90.0 Å². The maximum Gasteiger partial charge on any atom is 0.0136 e. The summed E-state index contributed by atoms with van der Waals surface area (Å²) in [4.78, 5) is 8.04. The van der Waals surface area contributed by atoms with Crippen molar-refractivity contribution < 1.29 is 0 Å². The first kappa shape index (κ1) is 18.7. The number of nitrogens with zero attached hydrogens (tertiary/aromatic N) is 3. The third-order valence-electron chi connectivity index (χ3n) is 8.27. The SMILES string of the molecule is C[C@@H]1CC(C[C@H]2[C@H](C)CC(C[C@@H]3[C@@H](C)CCN3C)N2C)N(C)[C@@H]1C. The van der Waals surface area contributed by atoms with E-state index in [-0.39, 0.29) is 0 Å². The Balaban J connectivity index is 1.60. The van der Waals surface area contributed by atoms with E-state index in [9.17, 15) is 0 Å². The van der Waals surface area contributed by atoms with Crippen molar-refractivity contribution in [3.8, 4) is 0 Å². The Kier molecular flexibility index (Phi) is 5.64. The Hall–Kier alpha value is -0.120. The minimum absolute atomic E-state index is 0.751. The molecule has 3 aliphatic heterocycles. The van der Waals surface area contributed by atoms with Crippen LogP contribution in [0.3, 0.4) is 0 Å². The molecular weight excluding hydrogens is 294 g/mol. The molecule has 0 N–H and O–H groups in total. The van der Waals surface area contributed by atoms with E-state index in [1.807, 2.05) is 0 Å². The van der Waals surface area contributed by atoms with Gasteiger partial charge in [0.15, 0.2) is 0 Å². The average molecular weight is 336 g/mol. The Morgan fingerprint density at radius 3 is 1.83 bits per heavy atom. The van der Waals surface area contributed by atoms with Crippen LogP contribution in [0.4, 0.5) is 0 Å². The second-order valence-electron chi connectivity index (χ2n) is 9.66. The monoisotopic (exact) mass is 335 g/mol. The quantitative estimate of drug-likeness (QED) is 0.778. The van der Waals surface area contributed by atoms with Gasteiger partial charge in [-0.2, -0.15) is 0 Å². The first-order chi connectivity index (χ1) is 11.3. The molecule has 0 saturated carbocycles. The number of rotatable bonds is 4. The molecule has 0 bridgehead atoms. The van der Waals surface area contributed by atoms with Gasteiger partial charge in [-0.25, -0.2) is 0 Å². The predicted molar refractivity (Wildman–Crippen MR) is 103 cm³/mol. The molecule has 3 saturated heterocycles. The Morgan fingerprint density at radius 2 is 1.29 bits per heavy atom. The van der Waals surface area contributed by atoms with Gasteiger partial charge in [0.05, 0.1) is 0 Å². The molecule has 3 nitrogen and oxygen atoms in total. The molecule has 0 aromatic heterocycles. The Labute approximate surface area is 150 Å². The van der Waals surface area contributed by atoms with Crippen LogP contribution in [0.5, 0.6) is 0 Å². The van der Waals surface area contributed by atoms with Crippen molar-refractivity contribution in [1.82, 2.24) is 14.7 Å². The number of likely N-dealkylation sites (tertiary alicyclic amines) is 3. The van der Waals surface area contributed by atoms with Crippen molar-refractivity contribution in [3.63, 3.8) is 0 Å². The third kappa shape index (κ3) is 3.41. The summed E-state index contributed by atoms with van der Waals surface area (Å²) in [5.41, 5.74) is 0. The maximum absolute atomic E-state index is 2.77. The molecule has 3 heteroatoms. The van der Waals surface area contributed by atoms with Gasteiger partial charge in [0.2, 0.25) is 0 Å². The molecular formula is C21H41N3. The van der Waals surface area contributed by atoms with Crippen LogP contribution in [0.25, 0.3) is 0 Å². The van der Waals surface area contributed by atoms with E-state index in [0.717, 1.165) is 48.0 Å². The summed E-state index contributed by atoms with van der Waals surface area (Å²) in [5.74, 6) is 2.58. The summed E-state index contributed by atoms with van der Waals surface area (Å²) in [6.07, 6.45) is 6.93. The summed E-state index contributed by atoms with van der Waals surface area (Å²) < 4.78 is 0. The topological polar surface area (TPSA) is 9.72 Å². The molecule has 3 fully saturated rings. The van der Waals surface area contributed by atoms with Gasteiger partial charge in [0, 0.05) is 30.2 Å². The van der Waals surface area contributed by atoms with Crippen LogP contribution in [0.1, 0.15) is 59.8 Å². The highest BCUT2D eigenvalue weighted by Crippen LogP contribution is 2.39. The zero-order chi connectivity index (χ0) is 17.6. The van der Waals surface area contributed by atoms with Crippen LogP contribution in [-0.2, 0) is 0 Å². The molecule has 0 aromatic rings. The lowest BCUT2D eigenvalue weighted by molar-refractivity contribution is 0.140. The van der Waals surface area contributed by atoms with Crippen molar-refractivity contribution >= 4 is 0 Å². The van der Waals surface area contributed by atoms with E-state index in [1.54, 1.807) is 0 Å². The van der Waals surface area contributed by atoms with Crippen molar-refractivity contribution in [1.29, 1.82) is 0 Å². The Bertz CT molecular complexity index is 415. The smallest absolute Gasteiger partial charge is 0.0136 e. The zero-order valence-corrected chi connectivity index (χ0v) is 17.2. The van der Waals surface area contributed by atoms with Gasteiger partial charge in [-0.1, -0.05) is 20.8 Å². The van der Waals surface area contributed by atoms with E-state index in [2.05, 4.69) is 63.5 Å². The standard InChI is InChI=1S/C21H41N3/c1-14-8-9-22(5)20(14)12-19-11-16(3)21(24(19)7)13-18-10-15(2)17(4)23(18)6/h14-21H,8-13H2,1-7H3/t14-,15+,16+,17+,18?,19?,20+,21-/m0/s1. The van der Waals surface area contributed by atoms with E-state index in [0.29, 0.717) is 0 Å². The maximum atomic E-state index is 2.77. The highest BCUT2D eigenvalue weighted by molar-refractivity contribution is 4.98. The molecule has 24 heavy (non-hydrogen) atoms. The highest BCUT2D eigenvalue weighted by Gasteiger charge is 2.43. The highest BCUT2D eigenvalue weighted by atomic mass is 15.2. The van der Waals surface area contributed by atoms with E-state index >= 15 is 0 Å². The number of hydrogen-bond acceptors (Lipinski definition) is 3. The van der Waals surface area contributed by atoms with Crippen molar-refractivity contribution in [2.75, 3.05) is 27.7 Å². The minimum atomic E-state index is 0.751. The van der Waals surface area contributed by atoms with Gasteiger partial charge in [-0.05, 0) is 84.5 Å². The van der Waals surface area contributed by atoms with Gasteiger partial charge in [-0.3, -0.25) is 0 Å². The Morgan fingerprint density at radius 1 is 0.708 bits per heavy atom. The molecule has 3 heterocycles. The molecule has 8 atom stereocenters. The third-order valence-corrected chi connectivity index (χ3v) is 8.27. The fourth-order valence-corrected chi connectivity index (χ4v) is 6.04. The molecule has 3 rings (SSSR count). The summed E-state index contributed by atoms with van der Waals surface area (Å²) in [6.45, 7) is 11.1. The lowest BCUT2D eigenvalue weighted by Crippen LogP contribution is -2.42. The molecule has 3 aliphatic rings. The summed E-state index contributed by atoms with van der Waals surface area (Å²) in [5, 5.41) is 0. The van der Waals surface area contributed by atoms with Gasteiger partial charge >= 0.3 is 0 Å². The van der Waals surface area contributed by atoms with Crippen LogP contribution in [-0.4, -0.2) is 72.6 Å². The molecule has 2 unspecified atom stereocenters. The van der Waals surface area contributed by atoms with Crippen LogP contribution in [0.2, 0.25) is 0 Å². The zero-order valence-electron chi connectivity index (χ0n) is 17.2. The van der Waals surface area contributed by atoms with Gasteiger partial charge in [0.1, 0.15) is 0 Å². The fraction of sp³-hybridized carbons (Fsp3) is 1.00. The predicted octanol–water partition coefficient (Wildman–Crippen LogP) is 3.54. The lowest BCUT2D eigenvalue weighted by Gasteiger charge is -2.34. The molecule has 0 aliphatic carbocycles. The van der Waals surface area contributed by atoms with Crippen LogP contribution < -0.4 is 0 Å². The van der Waals surface area contributed by atoms with Gasteiger partial charge in [-0.15, -0.1) is 0 Å². The normalized spacial score (nSPS) is 48.6. The van der Waals surface area contributed by atoms with Gasteiger partial charge < -0.3 is 14.7 Å². The van der Waals surface area contributed by atoms with Crippen LogP contribution in [0, 0.1) is 17.8 Å². The largest absolute Gasteiger partial charge is 0.303 e. The first-order valence-electron chi connectivity index (χ1n) is 10.4. The number of hydrogen-bond donors (Lipinski definition) is 0. The second-order valence-corrected chi connectivity index (χ2v) is 9.66. The van der Waals surface area contributed by atoms with E-state index in [4.69, 9.17) is 0 Å². The summed E-state index contributed by atoms with van der Waals surface area (Å²) >= 11 is 0. The van der Waals surface area contributed by atoms with Crippen molar-refractivity contribution in [3.05, 3.63) is 0 Å². The summed E-state index contributed by atoms with van der Waals surface area (Å²) in [6, 6.07) is 3.91. The first-order valence-corrected chi connectivity index (χ1v) is 10.4. The van der Waals surface area contributed by atoms with E-state index < -0.39 is 0 Å². The molecule has 0 amide bonds. The van der Waals surface area contributed by atoms with E-state index in [1.165, 1.54) is 38.6 Å². The lowest BCUT2D eigenvalue weighted by atomic mass is 9.91. The van der Waals surface area contributed by atoms with Crippen LogP contribution >= 0.6 is 0 Å². The molecule has 0 radical (unpaired) electrons. The fourth-order valence-electron chi connectivity index (χ4n) is 6.04. The summed E-state index contributed by atoms with van der Waals surface area (Å²) in [7, 11) is 7.10. The van der Waals surface area contributed by atoms with Crippen molar-refractivity contribution in [2.24, 2.45) is 17.8 Å². The minimum Gasteiger partial charge on any atom is -0.303 e. The average Bonchev–Trinajstić information content (AvgIpc) is 3.08. The second kappa shape index (κ2) is 7.25. The molecule has 140 valence electrons. The molecule has 0 aromatic carbocycles.